The van der Waals surface area contributed by atoms with Crippen molar-refractivity contribution in [2.75, 3.05) is 38.0 Å². The smallest absolute Gasteiger partial charge is 0.0240 e. The molecule has 1 rings (SSSR count). The van der Waals surface area contributed by atoms with E-state index >= 15 is 0 Å². The second-order valence-corrected chi connectivity index (χ2v) is 9.59. The van der Waals surface area contributed by atoms with E-state index in [4.69, 9.17) is 0 Å². The minimum atomic E-state index is 0.107. The Labute approximate surface area is 99.0 Å². The molecule has 0 amide bonds. The first-order valence-electron chi connectivity index (χ1n) is 5.39. The van der Waals surface area contributed by atoms with E-state index in [9.17, 15) is 0 Å². The highest BCUT2D eigenvalue weighted by Crippen LogP contribution is 2.38. The zero-order valence-corrected chi connectivity index (χ0v) is 12.6. The summed E-state index contributed by atoms with van der Waals surface area (Å²) in [5, 5.41) is 1.59. The monoisotopic (exact) mass is 258 g/mol. The molecule has 0 fully saturated rings. The van der Waals surface area contributed by atoms with Crippen molar-refractivity contribution in [1.29, 1.82) is 0 Å². The van der Waals surface area contributed by atoms with Gasteiger partial charge < -0.3 is 0 Å². The summed E-state index contributed by atoms with van der Waals surface area (Å²) in [6, 6.07) is 11.1. The Morgan fingerprint density at radius 3 is 2.20 bits per heavy atom. The molecule has 84 valence electrons. The molecule has 0 heterocycles. The van der Waals surface area contributed by atoms with Crippen molar-refractivity contribution < 1.29 is 0 Å². The molecule has 0 saturated heterocycles. The van der Waals surface area contributed by atoms with Gasteiger partial charge in [0.2, 0.25) is 0 Å². The summed E-state index contributed by atoms with van der Waals surface area (Å²) in [6.45, 7) is 4.77. The van der Waals surface area contributed by atoms with Crippen LogP contribution >= 0.6 is 25.1 Å². The Morgan fingerprint density at radius 2 is 1.67 bits per heavy atom. The molecule has 2 unspecified atom stereocenters. The predicted molar refractivity (Wildman–Crippen MR) is 80.9 cm³/mol. The van der Waals surface area contributed by atoms with Gasteiger partial charge in [-0.1, -0.05) is 38.3 Å². The molecule has 0 nitrogen and oxygen atoms in total. The van der Waals surface area contributed by atoms with Crippen LogP contribution in [-0.4, -0.2) is 38.0 Å². The second-order valence-electron chi connectivity index (χ2n) is 3.91. The Kier molecular flexibility index (Phi) is 7.00. The molecule has 1 aromatic rings. The lowest BCUT2D eigenvalue weighted by atomic mass is 10.4. The molecule has 0 aliphatic carbocycles. The van der Waals surface area contributed by atoms with Crippen LogP contribution in [0, 0.1) is 0 Å². The molecule has 15 heavy (non-hydrogen) atoms. The van der Waals surface area contributed by atoms with Crippen molar-refractivity contribution in [3.05, 3.63) is 30.3 Å². The van der Waals surface area contributed by atoms with E-state index in [1.165, 1.54) is 24.6 Å². The van der Waals surface area contributed by atoms with E-state index < -0.39 is 0 Å². The number of rotatable bonds is 6. The molecule has 0 radical (unpaired) electrons. The fraction of sp³-hybridized carbons (Fsp3) is 0.500. The summed E-state index contributed by atoms with van der Waals surface area (Å²) >= 11 is 0. The summed E-state index contributed by atoms with van der Waals surface area (Å²) < 4.78 is 0. The normalized spacial score (nSPS) is 13.1. The van der Waals surface area contributed by atoms with E-state index in [1.807, 2.05) is 0 Å². The first-order valence-corrected chi connectivity index (χ1v) is 10.3. The molecule has 0 bridgehead atoms. The highest BCUT2D eigenvalue weighted by molar-refractivity contribution is 7.67. The van der Waals surface area contributed by atoms with Crippen molar-refractivity contribution in [3.8, 4) is 0 Å². The third kappa shape index (κ3) is 5.40. The van der Waals surface area contributed by atoms with Gasteiger partial charge in [0.25, 0.3) is 0 Å². The standard InChI is InChI=1S/C12H21P3/c1-14(2)10-11-15(9-8-13)12-6-4-3-5-7-12/h3-7H,8-11,13H2,1-2H3. The van der Waals surface area contributed by atoms with E-state index in [1.54, 1.807) is 5.30 Å². The fourth-order valence-electron chi connectivity index (χ4n) is 1.49. The van der Waals surface area contributed by atoms with Crippen molar-refractivity contribution in [2.45, 2.75) is 0 Å². The first-order chi connectivity index (χ1) is 7.24. The predicted octanol–water partition coefficient (Wildman–Crippen LogP) is 3.41. The lowest BCUT2D eigenvalue weighted by molar-refractivity contribution is 1.43. The number of hydrogen-bond donors (Lipinski definition) is 0. The largest absolute Gasteiger partial charge is 0.137 e. The Hall–Kier alpha value is 0.510. The molecule has 1 aromatic carbocycles. The highest BCUT2D eigenvalue weighted by atomic mass is 31.1. The summed E-state index contributed by atoms with van der Waals surface area (Å²) in [4.78, 5) is 0. The van der Waals surface area contributed by atoms with Crippen LogP contribution < -0.4 is 5.30 Å². The van der Waals surface area contributed by atoms with Crippen LogP contribution in [0.3, 0.4) is 0 Å². The molecule has 0 aromatic heterocycles. The zero-order chi connectivity index (χ0) is 11.1. The van der Waals surface area contributed by atoms with E-state index in [0.717, 1.165) is 0 Å². The molecule has 0 spiro atoms. The van der Waals surface area contributed by atoms with Gasteiger partial charge in [0.1, 0.15) is 0 Å². The van der Waals surface area contributed by atoms with Crippen molar-refractivity contribution in [2.24, 2.45) is 0 Å². The third-order valence-electron chi connectivity index (χ3n) is 2.34. The van der Waals surface area contributed by atoms with Crippen LogP contribution in [0.1, 0.15) is 0 Å². The van der Waals surface area contributed by atoms with Gasteiger partial charge in [0.15, 0.2) is 0 Å². The molecular weight excluding hydrogens is 237 g/mol. The maximum atomic E-state index is 2.87. The Balaban J connectivity index is 2.57. The summed E-state index contributed by atoms with van der Waals surface area (Å²) in [7, 11) is 3.25. The molecule has 2 atom stereocenters. The van der Waals surface area contributed by atoms with Crippen molar-refractivity contribution >= 4 is 30.4 Å². The van der Waals surface area contributed by atoms with Crippen molar-refractivity contribution in [3.63, 3.8) is 0 Å². The molecule has 3 heteroatoms. The van der Waals surface area contributed by atoms with Gasteiger partial charge >= 0.3 is 0 Å². The summed E-state index contributed by atoms with van der Waals surface area (Å²) in [6.07, 6.45) is 5.46. The topological polar surface area (TPSA) is 0 Å². The van der Waals surface area contributed by atoms with Crippen LogP contribution in [-0.2, 0) is 0 Å². The van der Waals surface area contributed by atoms with E-state index in [-0.39, 0.29) is 15.8 Å². The van der Waals surface area contributed by atoms with Gasteiger partial charge in [-0.3, -0.25) is 0 Å². The molecular formula is C12H21P3. The van der Waals surface area contributed by atoms with Gasteiger partial charge in [-0.2, -0.15) is 0 Å². The van der Waals surface area contributed by atoms with Crippen LogP contribution in [0.2, 0.25) is 0 Å². The van der Waals surface area contributed by atoms with Gasteiger partial charge in [0.05, 0.1) is 0 Å². The van der Waals surface area contributed by atoms with E-state index in [0.29, 0.717) is 0 Å². The number of benzene rings is 1. The molecule has 0 N–H and O–H groups in total. The SMILES string of the molecule is CP(C)CCP(CCP)c1ccccc1. The lowest BCUT2D eigenvalue weighted by Gasteiger charge is -2.18. The minimum Gasteiger partial charge on any atom is -0.137 e. The zero-order valence-electron chi connectivity index (χ0n) is 9.69. The quantitative estimate of drug-likeness (QED) is 0.686. The summed E-state index contributed by atoms with van der Waals surface area (Å²) in [5.74, 6) is 0. The number of hydrogen-bond acceptors (Lipinski definition) is 0. The van der Waals surface area contributed by atoms with Crippen LogP contribution in [0.15, 0.2) is 30.3 Å². The highest BCUT2D eigenvalue weighted by Gasteiger charge is 2.09. The molecule has 0 aliphatic rings. The minimum absolute atomic E-state index is 0.107. The summed E-state index contributed by atoms with van der Waals surface area (Å²) in [5.41, 5.74) is 0. The molecule has 0 aliphatic heterocycles. The fourth-order valence-corrected chi connectivity index (χ4v) is 6.63. The first kappa shape index (κ1) is 13.6. The lowest BCUT2D eigenvalue weighted by Crippen LogP contribution is -2.08. The average molecular weight is 258 g/mol. The van der Waals surface area contributed by atoms with Gasteiger partial charge in [0, 0.05) is 0 Å². The average Bonchev–Trinajstić information content (AvgIpc) is 2.25. The maximum absolute atomic E-state index is 2.87. The molecule has 0 saturated carbocycles. The van der Waals surface area contributed by atoms with Crippen LogP contribution in [0.4, 0.5) is 0 Å². The van der Waals surface area contributed by atoms with Crippen molar-refractivity contribution in [1.82, 2.24) is 0 Å². The van der Waals surface area contributed by atoms with E-state index in [2.05, 4.69) is 52.9 Å². The Morgan fingerprint density at radius 1 is 1.00 bits per heavy atom. The van der Waals surface area contributed by atoms with Gasteiger partial charge in [-0.05, 0) is 43.3 Å². The van der Waals surface area contributed by atoms with Gasteiger partial charge in [-0.15, -0.1) is 17.2 Å². The van der Waals surface area contributed by atoms with Crippen LogP contribution in [0.25, 0.3) is 0 Å². The third-order valence-corrected chi connectivity index (χ3v) is 7.17. The maximum Gasteiger partial charge on any atom is -0.0240 e. The van der Waals surface area contributed by atoms with Crippen LogP contribution in [0.5, 0.6) is 0 Å². The Bertz CT molecular complexity index is 259. The second kappa shape index (κ2) is 7.73. The van der Waals surface area contributed by atoms with Gasteiger partial charge in [-0.25, -0.2) is 0 Å².